The summed E-state index contributed by atoms with van der Waals surface area (Å²) in [5.41, 5.74) is 1.57. The number of rotatable bonds is 2. The molecule has 1 atom stereocenters. The van der Waals surface area contributed by atoms with Crippen molar-refractivity contribution in [2.45, 2.75) is 25.9 Å². The fourth-order valence-electron chi connectivity index (χ4n) is 2.95. The molecule has 1 heterocycles. The van der Waals surface area contributed by atoms with Crippen LogP contribution in [0.3, 0.4) is 0 Å². The van der Waals surface area contributed by atoms with E-state index in [2.05, 4.69) is 0 Å². The van der Waals surface area contributed by atoms with Gasteiger partial charge in [-0.05, 0) is 54.7 Å². The minimum Gasteiger partial charge on any atom is -0.391 e. The normalized spacial score (nSPS) is 17.8. The maximum atomic E-state index is 14.4. The number of likely N-dealkylation sites (tertiary alicyclic amines) is 1. The van der Waals surface area contributed by atoms with Crippen LogP contribution in [0, 0.1) is 18.6 Å². The van der Waals surface area contributed by atoms with Gasteiger partial charge in [0, 0.05) is 13.1 Å². The monoisotopic (exact) mass is 331 g/mol. The zero-order valence-electron chi connectivity index (χ0n) is 13.4. The quantitative estimate of drug-likeness (QED) is 0.914. The van der Waals surface area contributed by atoms with Crippen LogP contribution in [0.25, 0.3) is 11.1 Å². The number of aryl methyl sites for hydroxylation is 1. The average molecular weight is 331 g/mol. The number of benzene rings is 2. The van der Waals surface area contributed by atoms with Crippen molar-refractivity contribution in [3.8, 4) is 11.1 Å². The summed E-state index contributed by atoms with van der Waals surface area (Å²) in [6.45, 7) is 2.40. The molecule has 24 heavy (non-hydrogen) atoms. The molecule has 1 aliphatic heterocycles. The van der Waals surface area contributed by atoms with Crippen molar-refractivity contribution in [1.29, 1.82) is 0 Å². The molecule has 0 aromatic heterocycles. The summed E-state index contributed by atoms with van der Waals surface area (Å²) in [6, 6.07) is 8.99. The van der Waals surface area contributed by atoms with Gasteiger partial charge in [-0.2, -0.15) is 0 Å². The number of carbonyl (C=O) groups excluding carboxylic acids is 1. The lowest BCUT2D eigenvalue weighted by atomic mass is 10.0. The third-order valence-electron chi connectivity index (χ3n) is 4.39. The van der Waals surface area contributed by atoms with Crippen molar-refractivity contribution in [3.05, 3.63) is 59.2 Å². The number of hydrogen-bond donors (Lipinski definition) is 1. The highest BCUT2D eigenvalue weighted by Gasteiger charge is 2.25. The van der Waals surface area contributed by atoms with Crippen molar-refractivity contribution in [1.82, 2.24) is 4.90 Å². The molecule has 1 fully saturated rings. The molecule has 0 saturated carbocycles. The van der Waals surface area contributed by atoms with Gasteiger partial charge in [0.15, 0.2) is 0 Å². The van der Waals surface area contributed by atoms with E-state index in [-0.39, 0.29) is 17.9 Å². The van der Waals surface area contributed by atoms with Crippen LogP contribution >= 0.6 is 0 Å². The number of amides is 1. The van der Waals surface area contributed by atoms with Gasteiger partial charge in [-0.1, -0.05) is 18.2 Å². The molecule has 126 valence electrons. The molecule has 0 bridgehead atoms. The largest absolute Gasteiger partial charge is 0.391 e. The third kappa shape index (κ3) is 3.31. The first kappa shape index (κ1) is 16.6. The predicted molar refractivity (Wildman–Crippen MR) is 87.7 cm³/mol. The highest BCUT2D eigenvalue weighted by atomic mass is 19.1. The van der Waals surface area contributed by atoms with E-state index in [0.717, 1.165) is 0 Å². The van der Waals surface area contributed by atoms with Crippen LogP contribution in [0.4, 0.5) is 8.78 Å². The first-order valence-corrected chi connectivity index (χ1v) is 7.99. The molecule has 0 aliphatic carbocycles. The number of aliphatic hydroxyl groups is 1. The molecule has 0 spiro atoms. The van der Waals surface area contributed by atoms with Gasteiger partial charge in [0.25, 0.3) is 5.91 Å². The molecule has 1 aliphatic rings. The van der Waals surface area contributed by atoms with Crippen molar-refractivity contribution in [2.75, 3.05) is 13.1 Å². The molecule has 2 aromatic rings. The van der Waals surface area contributed by atoms with E-state index in [1.165, 1.54) is 23.1 Å². The fourth-order valence-corrected chi connectivity index (χ4v) is 2.95. The lowest BCUT2D eigenvalue weighted by molar-refractivity contribution is 0.0470. The van der Waals surface area contributed by atoms with E-state index in [9.17, 15) is 18.7 Å². The van der Waals surface area contributed by atoms with Crippen LogP contribution < -0.4 is 0 Å². The summed E-state index contributed by atoms with van der Waals surface area (Å²) in [4.78, 5) is 13.9. The van der Waals surface area contributed by atoms with E-state index in [1.54, 1.807) is 25.1 Å². The molecular weight excluding hydrogens is 312 g/mol. The Morgan fingerprint density at radius 1 is 1.12 bits per heavy atom. The lowest BCUT2D eigenvalue weighted by Gasteiger charge is -2.30. The molecule has 1 N–H and O–H groups in total. The zero-order chi connectivity index (χ0) is 17.3. The van der Waals surface area contributed by atoms with Gasteiger partial charge in [-0.3, -0.25) is 4.79 Å². The Balaban J connectivity index is 1.86. The van der Waals surface area contributed by atoms with Gasteiger partial charge in [-0.15, -0.1) is 0 Å². The summed E-state index contributed by atoms with van der Waals surface area (Å²) in [6.07, 6.45) is 0.806. The molecule has 1 saturated heterocycles. The van der Waals surface area contributed by atoms with Gasteiger partial charge < -0.3 is 10.0 Å². The predicted octanol–water partition coefficient (Wildman–Crippen LogP) is 3.54. The van der Waals surface area contributed by atoms with Crippen molar-refractivity contribution in [3.63, 3.8) is 0 Å². The maximum Gasteiger partial charge on any atom is 0.256 e. The van der Waals surface area contributed by atoms with Crippen molar-refractivity contribution < 1.29 is 18.7 Å². The number of carbonyl (C=O) groups is 1. The fraction of sp³-hybridized carbons (Fsp3) is 0.316. The Hall–Kier alpha value is -2.27. The van der Waals surface area contributed by atoms with Gasteiger partial charge in [0.1, 0.15) is 11.6 Å². The highest BCUT2D eigenvalue weighted by molar-refractivity contribution is 5.95. The average Bonchev–Trinajstić information content (AvgIpc) is 2.56. The summed E-state index contributed by atoms with van der Waals surface area (Å²) < 4.78 is 28.1. The smallest absolute Gasteiger partial charge is 0.256 e. The summed E-state index contributed by atoms with van der Waals surface area (Å²) in [7, 11) is 0. The zero-order valence-corrected chi connectivity index (χ0v) is 13.4. The number of piperidine rings is 1. The molecule has 1 amide bonds. The van der Waals surface area contributed by atoms with Gasteiger partial charge in [0.05, 0.1) is 11.7 Å². The molecule has 0 unspecified atom stereocenters. The maximum absolute atomic E-state index is 14.4. The SMILES string of the molecule is Cc1ccc(-c2ccc(C(=O)N3CCC[C@@H](O)C3)c(F)c2)cc1F. The van der Waals surface area contributed by atoms with E-state index >= 15 is 0 Å². The number of aliphatic hydroxyl groups excluding tert-OH is 1. The first-order valence-electron chi connectivity index (χ1n) is 7.99. The summed E-state index contributed by atoms with van der Waals surface area (Å²) in [5, 5.41) is 9.66. The standard InChI is InChI=1S/C19H19F2NO2/c1-12-4-5-13(9-17(12)20)14-6-7-16(18(21)10-14)19(24)22-8-2-3-15(23)11-22/h4-7,9-10,15,23H,2-3,8,11H2,1H3/t15-/m1/s1. The summed E-state index contributed by atoms with van der Waals surface area (Å²) in [5.74, 6) is -1.42. The highest BCUT2D eigenvalue weighted by Crippen LogP contribution is 2.25. The number of β-amino-alcohol motifs (C(OH)–C–C–N with tert-alkyl or cyclic N) is 1. The van der Waals surface area contributed by atoms with Crippen LogP contribution in [-0.4, -0.2) is 35.1 Å². The van der Waals surface area contributed by atoms with E-state index in [1.807, 2.05) is 0 Å². The Labute approximate surface area is 139 Å². The molecular formula is C19H19F2NO2. The topological polar surface area (TPSA) is 40.5 Å². The van der Waals surface area contributed by atoms with Gasteiger partial charge in [-0.25, -0.2) is 8.78 Å². The molecule has 3 nitrogen and oxygen atoms in total. The van der Waals surface area contributed by atoms with Crippen LogP contribution in [0.2, 0.25) is 0 Å². The Kier molecular flexibility index (Phi) is 4.62. The second kappa shape index (κ2) is 6.69. The summed E-state index contributed by atoms with van der Waals surface area (Å²) >= 11 is 0. The van der Waals surface area contributed by atoms with Gasteiger partial charge in [0.2, 0.25) is 0 Å². The minimum absolute atomic E-state index is 0.0274. The van der Waals surface area contributed by atoms with E-state index < -0.39 is 17.8 Å². The number of hydrogen-bond acceptors (Lipinski definition) is 2. The van der Waals surface area contributed by atoms with E-state index in [4.69, 9.17) is 0 Å². The first-order chi connectivity index (χ1) is 11.5. The van der Waals surface area contributed by atoms with Crippen molar-refractivity contribution >= 4 is 5.91 Å². The second-order valence-corrected chi connectivity index (χ2v) is 6.21. The minimum atomic E-state index is -0.640. The second-order valence-electron chi connectivity index (χ2n) is 6.21. The molecule has 5 heteroatoms. The Morgan fingerprint density at radius 2 is 1.79 bits per heavy atom. The lowest BCUT2D eigenvalue weighted by Crippen LogP contribution is -2.42. The van der Waals surface area contributed by atoms with Crippen LogP contribution in [0.15, 0.2) is 36.4 Å². The Bertz CT molecular complexity index is 776. The third-order valence-corrected chi connectivity index (χ3v) is 4.39. The number of halogens is 2. The Morgan fingerprint density at radius 3 is 2.42 bits per heavy atom. The van der Waals surface area contributed by atoms with Crippen LogP contribution in [-0.2, 0) is 0 Å². The molecule has 0 radical (unpaired) electrons. The van der Waals surface area contributed by atoms with Gasteiger partial charge >= 0.3 is 0 Å². The number of nitrogens with zero attached hydrogens (tertiary/aromatic N) is 1. The van der Waals surface area contributed by atoms with Crippen molar-refractivity contribution in [2.24, 2.45) is 0 Å². The molecule has 3 rings (SSSR count). The molecule has 2 aromatic carbocycles. The van der Waals surface area contributed by atoms with E-state index in [0.29, 0.717) is 36.1 Å². The van der Waals surface area contributed by atoms with Crippen LogP contribution in [0.5, 0.6) is 0 Å². The van der Waals surface area contributed by atoms with Crippen LogP contribution in [0.1, 0.15) is 28.8 Å².